The maximum atomic E-state index is 13.7. The van der Waals surface area contributed by atoms with E-state index in [0.717, 1.165) is 44.2 Å². The van der Waals surface area contributed by atoms with Crippen molar-refractivity contribution >= 4 is 28.2 Å². The van der Waals surface area contributed by atoms with Gasteiger partial charge in [0.2, 0.25) is 0 Å². The number of anilines is 1. The number of nitrogens with one attached hydrogen (secondary N) is 1. The first-order valence-corrected chi connectivity index (χ1v) is 11.9. The van der Waals surface area contributed by atoms with E-state index in [1.165, 1.54) is 7.05 Å². The lowest BCUT2D eigenvalue weighted by Crippen LogP contribution is -2.37. The maximum Gasteiger partial charge on any atom is 0.331 e. The topological polar surface area (TPSA) is 70.2 Å². The Balaban J connectivity index is 1.82. The fraction of sp³-hybridized carbons (Fsp3) is 0.143. The summed E-state index contributed by atoms with van der Waals surface area (Å²) in [6, 6.07) is 22.9. The van der Waals surface area contributed by atoms with E-state index in [4.69, 9.17) is 16.3 Å². The number of aromatic nitrogens is 3. The Bertz CT molecular complexity index is 1760. The molecule has 1 aliphatic heterocycles. The highest BCUT2D eigenvalue weighted by atomic mass is 35.5. The molecule has 0 saturated heterocycles. The first-order chi connectivity index (χ1) is 17.4. The zero-order valence-corrected chi connectivity index (χ0v) is 20.7. The van der Waals surface area contributed by atoms with Crippen molar-refractivity contribution in [1.29, 1.82) is 0 Å². The van der Waals surface area contributed by atoms with Gasteiger partial charge in [-0.1, -0.05) is 48.0 Å². The van der Waals surface area contributed by atoms with Crippen LogP contribution in [-0.2, 0) is 14.1 Å². The van der Waals surface area contributed by atoms with Crippen molar-refractivity contribution in [1.82, 2.24) is 13.7 Å². The summed E-state index contributed by atoms with van der Waals surface area (Å²) in [7, 11) is 4.86. The highest BCUT2D eigenvalue weighted by Gasteiger charge is 2.34. The lowest BCUT2D eigenvalue weighted by atomic mass is 9.99. The molecule has 1 N–H and O–H groups in total. The molecule has 1 aliphatic rings. The Morgan fingerprint density at radius 1 is 0.889 bits per heavy atom. The summed E-state index contributed by atoms with van der Waals surface area (Å²) < 4.78 is 10.2. The van der Waals surface area contributed by atoms with Crippen molar-refractivity contribution in [2.45, 2.75) is 6.04 Å². The lowest BCUT2D eigenvalue weighted by molar-refractivity contribution is 0.414. The van der Waals surface area contributed by atoms with Crippen LogP contribution in [0.2, 0.25) is 5.02 Å². The SMILES string of the molecule is COc1ccc([C@@H]2Nc3ccccc3-n3c(-c4ccc(Cl)cc4)c4c(=O)n(C)c(=O)n(C)c4c32)cc1. The number of halogens is 1. The number of aryl methyl sites for hydroxylation is 1. The van der Waals surface area contributed by atoms with E-state index in [-0.39, 0.29) is 17.3 Å². The average Bonchev–Trinajstić information content (AvgIpc) is 3.27. The van der Waals surface area contributed by atoms with Crippen LogP contribution in [0.4, 0.5) is 5.69 Å². The van der Waals surface area contributed by atoms with E-state index in [1.54, 1.807) is 18.7 Å². The summed E-state index contributed by atoms with van der Waals surface area (Å²) in [6.07, 6.45) is 0. The van der Waals surface area contributed by atoms with Crippen LogP contribution < -0.4 is 21.3 Å². The van der Waals surface area contributed by atoms with E-state index in [1.807, 2.05) is 72.8 Å². The van der Waals surface area contributed by atoms with Crippen LogP contribution in [0.5, 0.6) is 5.75 Å². The first kappa shape index (κ1) is 22.2. The van der Waals surface area contributed by atoms with E-state index in [0.29, 0.717) is 15.9 Å². The third kappa shape index (κ3) is 3.13. The third-order valence-corrected chi connectivity index (χ3v) is 7.15. The van der Waals surface area contributed by atoms with Gasteiger partial charge in [0.1, 0.15) is 5.75 Å². The number of benzene rings is 3. The normalized spacial score (nSPS) is 14.3. The van der Waals surface area contributed by atoms with Crippen LogP contribution in [-0.4, -0.2) is 20.8 Å². The molecule has 0 fully saturated rings. The molecule has 6 rings (SSSR count). The standard InChI is InChI=1S/C28H23ClN4O3/c1-31-25-22(27(34)32(2)28(31)35)24(17-8-12-18(29)13-9-17)33-21-7-5-4-6-20(21)30-23(26(25)33)16-10-14-19(36-3)15-11-16/h4-15,23,30H,1-3H3/t23-/m0/s1. The molecule has 0 bridgehead atoms. The van der Waals surface area contributed by atoms with Crippen molar-refractivity contribution in [3.63, 3.8) is 0 Å². The van der Waals surface area contributed by atoms with Crippen LogP contribution in [0.15, 0.2) is 82.4 Å². The molecule has 0 saturated carbocycles. The molecule has 180 valence electrons. The molecule has 0 radical (unpaired) electrons. The maximum absolute atomic E-state index is 13.7. The fourth-order valence-corrected chi connectivity index (χ4v) is 5.27. The van der Waals surface area contributed by atoms with Crippen molar-refractivity contribution in [2.24, 2.45) is 14.1 Å². The van der Waals surface area contributed by atoms with Crippen molar-refractivity contribution in [3.8, 4) is 22.7 Å². The molecule has 0 unspecified atom stereocenters. The Morgan fingerprint density at radius 2 is 1.58 bits per heavy atom. The summed E-state index contributed by atoms with van der Waals surface area (Å²) in [5.74, 6) is 0.748. The number of hydrogen-bond donors (Lipinski definition) is 1. The lowest BCUT2D eigenvalue weighted by Gasteiger charge is -2.31. The molecule has 36 heavy (non-hydrogen) atoms. The van der Waals surface area contributed by atoms with Gasteiger partial charge < -0.3 is 14.6 Å². The zero-order chi connectivity index (χ0) is 25.1. The Hall–Kier alpha value is -4.23. The van der Waals surface area contributed by atoms with E-state index in [9.17, 15) is 9.59 Å². The van der Waals surface area contributed by atoms with Crippen LogP contribution in [0, 0.1) is 0 Å². The minimum Gasteiger partial charge on any atom is -0.497 e. The second kappa shape index (κ2) is 8.17. The molecular formula is C28H23ClN4O3. The van der Waals surface area contributed by atoms with Gasteiger partial charge in [0.15, 0.2) is 0 Å². The number of ether oxygens (including phenoxy) is 1. The highest BCUT2D eigenvalue weighted by molar-refractivity contribution is 6.30. The minimum atomic E-state index is -0.379. The molecule has 8 heteroatoms. The van der Waals surface area contributed by atoms with E-state index < -0.39 is 0 Å². The molecule has 2 aromatic heterocycles. The molecule has 0 aliphatic carbocycles. The summed E-state index contributed by atoms with van der Waals surface area (Å²) in [4.78, 5) is 26.8. The van der Waals surface area contributed by atoms with E-state index in [2.05, 4.69) is 9.88 Å². The van der Waals surface area contributed by atoms with E-state index >= 15 is 0 Å². The second-order valence-corrected chi connectivity index (χ2v) is 9.31. The van der Waals surface area contributed by atoms with Gasteiger partial charge in [0, 0.05) is 19.1 Å². The van der Waals surface area contributed by atoms with Gasteiger partial charge in [-0.3, -0.25) is 13.9 Å². The first-order valence-electron chi connectivity index (χ1n) is 11.5. The summed E-state index contributed by atoms with van der Waals surface area (Å²) >= 11 is 6.21. The monoisotopic (exact) mass is 498 g/mol. The summed E-state index contributed by atoms with van der Waals surface area (Å²) in [5, 5.41) is 4.73. The molecule has 5 aromatic rings. The predicted octanol–water partition coefficient (Wildman–Crippen LogP) is 4.87. The fourth-order valence-electron chi connectivity index (χ4n) is 5.15. The number of hydrogen-bond acceptors (Lipinski definition) is 4. The Labute approximate surface area is 211 Å². The van der Waals surface area contributed by atoms with Crippen molar-refractivity contribution < 1.29 is 4.74 Å². The molecule has 0 amide bonds. The number of rotatable bonds is 3. The molecular weight excluding hydrogens is 476 g/mol. The predicted molar refractivity (Wildman–Crippen MR) is 143 cm³/mol. The quantitative estimate of drug-likeness (QED) is 0.385. The molecule has 0 spiro atoms. The number of nitrogens with zero attached hydrogens (tertiary/aromatic N) is 3. The second-order valence-electron chi connectivity index (χ2n) is 8.87. The third-order valence-electron chi connectivity index (χ3n) is 6.89. The van der Waals surface area contributed by atoms with Gasteiger partial charge in [-0.15, -0.1) is 0 Å². The summed E-state index contributed by atoms with van der Waals surface area (Å²) in [5.41, 5.74) is 5.03. The van der Waals surface area contributed by atoms with Gasteiger partial charge >= 0.3 is 5.69 Å². The minimum absolute atomic E-state index is 0.327. The molecule has 3 aromatic carbocycles. The highest BCUT2D eigenvalue weighted by Crippen LogP contribution is 2.45. The number of fused-ring (bicyclic) bond motifs is 5. The molecule has 1 atom stereocenters. The molecule has 3 heterocycles. The van der Waals surface area contributed by atoms with Gasteiger partial charge in [-0.25, -0.2) is 4.79 Å². The smallest absolute Gasteiger partial charge is 0.331 e. The number of methoxy groups -OCH3 is 1. The average molecular weight is 499 g/mol. The van der Waals surface area contributed by atoms with Crippen molar-refractivity contribution in [3.05, 3.63) is 110 Å². The van der Waals surface area contributed by atoms with Crippen LogP contribution >= 0.6 is 11.6 Å². The van der Waals surface area contributed by atoms with Gasteiger partial charge in [0.25, 0.3) is 5.56 Å². The number of para-hydroxylation sites is 2. The molecule has 7 nitrogen and oxygen atoms in total. The largest absolute Gasteiger partial charge is 0.497 e. The van der Waals surface area contributed by atoms with Crippen LogP contribution in [0.3, 0.4) is 0 Å². The van der Waals surface area contributed by atoms with Crippen molar-refractivity contribution in [2.75, 3.05) is 12.4 Å². The Kier molecular flexibility index (Phi) is 5.05. The van der Waals surface area contributed by atoms with Crippen LogP contribution in [0.25, 0.3) is 27.8 Å². The van der Waals surface area contributed by atoms with Gasteiger partial charge in [-0.05, 0) is 47.5 Å². The zero-order valence-electron chi connectivity index (χ0n) is 19.9. The van der Waals surface area contributed by atoms with Crippen LogP contribution in [0.1, 0.15) is 17.3 Å². The van der Waals surface area contributed by atoms with Gasteiger partial charge in [0.05, 0.1) is 46.8 Å². The van der Waals surface area contributed by atoms with Gasteiger partial charge in [-0.2, -0.15) is 0 Å². The Morgan fingerprint density at radius 3 is 2.28 bits per heavy atom. The summed E-state index contributed by atoms with van der Waals surface area (Å²) in [6.45, 7) is 0.